The summed E-state index contributed by atoms with van der Waals surface area (Å²) in [6.45, 7) is 0. The van der Waals surface area contributed by atoms with E-state index in [2.05, 4.69) is 204 Å². The Bertz CT molecular complexity index is 4290. The molecule has 0 atom stereocenters. The van der Waals surface area contributed by atoms with Gasteiger partial charge in [0, 0.05) is 18.1 Å². The van der Waals surface area contributed by atoms with E-state index in [-0.39, 0.29) is 0 Å². The number of ether oxygens (including phenoxy) is 2. The number of nitrogens with zero attached hydrogens (tertiary/aromatic N) is 6. The molecule has 13 aromatic rings. The predicted octanol–water partition coefficient (Wildman–Crippen LogP) is 19.9. The third kappa shape index (κ3) is 11.3. The normalized spacial score (nSPS) is 11.6. The Kier molecular flexibility index (Phi) is 16.6. The van der Waals surface area contributed by atoms with Crippen molar-refractivity contribution < 1.29 is 50.3 Å². The van der Waals surface area contributed by atoms with Crippen LogP contribution >= 0.6 is 30.4 Å². The first-order valence-electron chi connectivity index (χ1n) is 25.6. The number of hydrogen-bond donors (Lipinski definition) is 0. The summed E-state index contributed by atoms with van der Waals surface area (Å²) >= 11 is 6.10. The second kappa shape index (κ2) is 25.1. The van der Waals surface area contributed by atoms with E-state index in [4.69, 9.17) is 23.9 Å². The summed E-state index contributed by atoms with van der Waals surface area (Å²) < 4.78 is 18.8. The van der Waals surface area contributed by atoms with Gasteiger partial charge in [-0.1, -0.05) is 169 Å². The minimum absolute atomic E-state index is 0.358. The Labute approximate surface area is 507 Å². The van der Waals surface area contributed by atoms with Crippen LogP contribution in [0.3, 0.4) is 0 Å². The number of aromatic nitrogens is 4. The number of anilines is 6. The van der Waals surface area contributed by atoms with Crippen LogP contribution in [0.25, 0.3) is 77.2 Å². The van der Waals surface area contributed by atoms with E-state index in [1.54, 1.807) is 11.3 Å². The average Bonchev–Trinajstić information content (AvgIpc) is 4.31. The quantitative estimate of drug-likeness (QED) is 0.109. The largest absolute Gasteiger partial charge is 0.497 e. The van der Waals surface area contributed by atoms with Gasteiger partial charge in [0.2, 0.25) is 5.82 Å². The molecular weight excluding hydrogens is 1260 g/mol. The van der Waals surface area contributed by atoms with Gasteiger partial charge in [-0.05, 0) is 110 Å². The molecule has 6 heterocycles. The maximum atomic E-state index is 6.32. The maximum absolute atomic E-state index is 6.32. The molecule has 2 aliphatic rings. The predicted molar refractivity (Wildman–Crippen MR) is 323 cm³/mol. The van der Waals surface area contributed by atoms with Crippen LogP contribution in [0.2, 0.25) is 0 Å². The molecule has 0 aliphatic carbocycles. The zero-order valence-electron chi connectivity index (χ0n) is 43.0. The van der Waals surface area contributed by atoms with Gasteiger partial charge in [-0.15, -0.1) is 53.6 Å². The van der Waals surface area contributed by atoms with Crippen molar-refractivity contribution in [1.29, 1.82) is 0 Å². The van der Waals surface area contributed by atoms with E-state index in [1.165, 1.54) is 28.6 Å². The molecule has 402 valence electrons. The standard InChI is InChI=1S/C36H22N3OS.C32H20N3O2.2ClH.2Pd/c1-2-8-24(9-3-1)25-14-16-26(17-15-25)27-20-21-37-30(22-27)28-18-19-34-32(23-28)39(31-11-5-6-12-33(31)40-34)36-38-29-10-4-7-13-35(29)41-36;1-2-7-22(8-3-1)23-13-15-24(16-14-23)25-17-18-33-28(20-25)26-9-6-10-27(19-26)35-29-11-4-5-12-30(29)37-32-31(35)34-21-36-32;;;;/h1-22H;1-18,20-21H;2*1H;;/q2*-1;;;2*+2/p-2. The Morgan fingerprint density at radius 3 is 1.54 bits per heavy atom. The van der Waals surface area contributed by atoms with Gasteiger partial charge in [0.25, 0.3) is 0 Å². The number of hydrogen-bond acceptors (Lipinski definition) is 10. The fraction of sp³-hybridized carbons (Fsp3) is 0. The SMILES string of the molecule is [Cl][Pd+].[Cl][Pd+].[c-]1c(-c2cc(-c3ccc(-c4ccccc4)cc3)ccn2)ccc2c1N(c1nc3ccccc3s1)c1ccccc1O2.[c-]1c(-c2cc(-c3ccc(-c4ccccc4)cc3)ccn2)cccc1N1c2ccccc2Oc2ocnc21. The van der Waals surface area contributed by atoms with Crippen LogP contribution in [0.15, 0.2) is 260 Å². The van der Waals surface area contributed by atoms with Gasteiger partial charge < -0.3 is 28.8 Å². The molecular formula is C68H42Cl2N6O3Pd2S. The second-order valence-corrected chi connectivity index (χ2v) is 19.5. The maximum Gasteiger partial charge on any atom is 0.336 e. The van der Waals surface area contributed by atoms with Crippen molar-refractivity contribution in [3.05, 3.63) is 268 Å². The van der Waals surface area contributed by atoms with Crippen molar-refractivity contribution >= 4 is 74.3 Å². The summed E-state index contributed by atoms with van der Waals surface area (Å²) in [6, 6.07) is 87.7. The molecule has 0 unspecified atom stereocenters. The number of rotatable bonds is 8. The minimum Gasteiger partial charge on any atom is -0.497 e. The van der Waals surface area contributed by atoms with Crippen molar-refractivity contribution in [2.75, 3.05) is 9.80 Å². The number of para-hydroxylation sites is 5. The summed E-state index contributed by atoms with van der Waals surface area (Å²) in [5.74, 6) is 3.17. The molecule has 0 saturated heterocycles. The van der Waals surface area contributed by atoms with Crippen LogP contribution in [0.5, 0.6) is 23.2 Å². The molecule has 14 heteroatoms. The van der Waals surface area contributed by atoms with Gasteiger partial charge in [-0.2, -0.15) is 4.98 Å². The van der Waals surface area contributed by atoms with Gasteiger partial charge in [0.05, 0.1) is 27.3 Å². The number of fused-ring (bicyclic) bond motifs is 5. The van der Waals surface area contributed by atoms with Gasteiger partial charge >= 0.3 is 61.4 Å². The Morgan fingerprint density at radius 2 is 0.927 bits per heavy atom. The van der Waals surface area contributed by atoms with Crippen molar-refractivity contribution in [3.8, 4) is 90.2 Å². The molecule has 0 fully saturated rings. The first kappa shape index (κ1) is 54.1. The number of pyridine rings is 2. The molecule has 0 bridgehead atoms. The fourth-order valence-electron chi connectivity index (χ4n) is 9.85. The number of thiazole rings is 1. The zero-order chi connectivity index (χ0) is 55.8. The molecule has 2 aliphatic heterocycles. The van der Waals surface area contributed by atoms with Gasteiger partial charge in [0.1, 0.15) is 5.75 Å². The number of halogens is 2. The van der Waals surface area contributed by atoms with Crippen LogP contribution < -0.4 is 19.3 Å². The minimum atomic E-state index is 0.358. The van der Waals surface area contributed by atoms with Crippen LogP contribution in [0.1, 0.15) is 0 Å². The van der Waals surface area contributed by atoms with Crippen LogP contribution in [-0.2, 0) is 36.4 Å². The van der Waals surface area contributed by atoms with Crippen molar-refractivity contribution in [3.63, 3.8) is 0 Å². The monoisotopic (exact) mass is 1300 g/mol. The van der Waals surface area contributed by atoms with E-state index in [0.29, 0.717) is 17.5 Å². The zero-order valence-corrected chi connectivity index (χ0v) is 48.4. The molecule has 82 heavy (non-hydrogen) atoms. The topological polar surface area (TPSA) is 89.6 Å². The third-order valence-electron chi connectivity index (χ3n) is 13.7. The molecule has 4 aromatic heterocycles. The summed E-state index contributed by atoms with van der Waals surface area (Å²) in [7, 11) is 8.98. The number of benzene rings is 9. The molecule has 0 spiro atoms. The summed E-state index contributed by atoms with van der Waals surface area (Å²) in [6.07, 6.45) is 5.09. The van der Waals surface area contributed by atoms with Gasteiger partial charge in [0.15, 0.2) is 17.3 Å². The van der Waals surface area contributed by atoms with E-state index >= 15 is 0 Å². The van der Waals surface area contributed by atoms with Crippen molar-refractivity contribution in [2.45, 2.75) is 0 Å². The van der Waals surface area contributed by atoms with E-state index < -0.39 is 0 Å². The molecule has 0 radical (unpaired) electrons. The summed E-state index contributed by atoms with van der Waals surface area (Å²) in [5, 5.41) is 0.872. The third-order valence-corrected chi connectivity index (χ3v) is 14.7. The number of oxazole rings is 1. The molecule has 9 nitrogen and oxygen atoms in total. The van der Waals surface area contributed by atoms with Gasteiger partial charge in [-0.25, -0.2) is 4.98 Å². The molecule has 0 saturated carbocycles. The van der Waals surface area contributed by atoms with E-state index in [0.717, 1.165) is 94.4 Å². The first-order chi connectivity index (χ1) is 40.6. The second-order valence-electron chi connectivity index (χ2n) is 18.5. The Hall–Kier alpha value is -8.52. The summed E-state index contributed by atoms with van der Waals surface area (Å²) in [4.78, 5) is 22.9. The average molecular weight is 1310 g/mol. The molecule has 0 amide bonds. The first-order valence-corrected chi connectivity index (χ1v) is 30.5. The van der Waals surface area contributed by atoms with E-state index in [9.17, 15) is 0 Å². The van der Waals surface area contributed by atoms with Crippen LogP contribution in [-0.4, -0.2) is 19.9 Å². The van der Waals surface area contributed by atoms with Crippen LogP contribution in [0.4, 0.5) is 33.7 Å². The fourth-order valence-corrected chi connectivity index (χ4v) is 10.8. The van der Waals surface area contributed by atoms with Crippen molar-refractivity contribution in [2.24, 2.45) is 0 Å². The molecule has 0 N–H and O–H groups in total. The Morgan fingerprint density at radius 1 is 0.415 bits per heavy atom. The molecule has 15 rings (SSSR count). The molecule has 9 aromatic carbocycles. The smallest absolute Gasteiger partial charge is 0.336 e. The Balaban J connectivity index is 0.000000154. The van der Waals surface area contributed by atoms with Crippen LogP contribution in [0, 0.1) is 12.1 Å². The van der Waals surface area contributed by atoms with E-state index in [1.807, 2.05) is 133 Å². The van der Waals surface area contributed by atoms with Gasteiger partial charge in [-0.3, -0.25) is 4.90 Å². The van der Waals surface area contributed by atoms with Crippen molar-refractivity contribution in [1.82, 2.24) is 19.9 Å². The summed E-state index contributed by atoms with van der Waals surface area (Å²) in [5.41, 5.74) is 17.2.